The van der Waals surface area contributed by atoms with Gasteiger partial charge in [0.2, 0.25) is 0 Å². The van der Waals surface area contributed by atoms with Crippen LogP contribution < -0.4 is 14.8 Å². The van der Waals surface area contributed by atoms with Gasteiger partial charge in [-0.2, -0.15) is 13.2 Å². The normalized spacial score (nSPS) is 12.6. The minimum absolute atomic E-state index is 0.133. The molecule has 0 saturated heterocycles. The predicted octanol–water partition coefficient (Wildman–Crippen LogP) is 4.61. The lowest BCUT2D eigenvalue weighted by Gasteiger charge is -2.23. The number of benzene rings is 2. The SMILES string of the molecule is COc1ccc(C(NC(=O)COc2ccc(C(F)(F)F)cc2)C(C)C)cc1. The summed E-state index contributed by atoms with van der Waals surface area (Å²) in [6, 6.07) is 11.4. The van der Waals surface area contributed by atoms with Crippen LogP contribution in [0.15, 0.2) is 48.5 Å². The molecule has 0 aliphatic rings. The minimum atomic E-state index is -4.40. The Morgan fingerprint density at radius 3 is 2.04 bits per heavy atom. The molecule has 0 aliphatic carbocycles. The van der Waals surface area contributed by atoms with E-state index in [1.807, 2.05) is 38.1 Å². The summed E-state index contributed by atoms with van der Waals surface area (Å²) >= 11 is 0. The molecule has 1 unspecified atom stereocenters. The number of hydrogen-bond donors (Lipinski definition) is 1. The molecule has 1 atom stereocenters. The number of hydrogen-bond acceptors (Lipinski definition) is 3. The number of amides is 1. The van der Waals surface area contributed by atoms with Crippen LogP contribution in [0.3, 0.4) is 0 Å². The molecule has 2 aromatic rings. The molecule has 0 saturated carbocycles. The Labute approximate surface area is 156 Å². The van der Waals surface area contributed by atoms with Gasteiger partial charge < -0.3 is 14.8 Å². The highest BCUT2D eigenvalue weighted by Crippen LogP contribution is 2.30. The van der Waals surface area contributed by atoms with Gasteiger partial charge in [-0.1, -0.05) is 26.0 Å². The van der Waals surface area contributed by atoms with Gasteiger partial charge in [-0.15, -0.1) is 0 Å². The lowest BCUT2D eigenvalue weighted by Crippen LogP contribution is -2.35. The van der Waals surface area contributed by atoms with E-state index in [1.165, 1.54) is 12.1 Å². The molecule has 0 aromatic heterocycles. The number of ether oxygens (including phenoxy) is 2. The van der Waals surface area contributed by atoms with Crippen molar-refractivity contribution in [3.05, 3.63) is 59.7 Å². The van der Waals surface area contributed by atoms with Gasteiger partial charge in [0.1, 0.15) is 11.5 Å². The lowest BCUT2D eigenvalue weighted by atomic mass is 9.96. The Bertz CT molecular complexity index is 741. The van der Waals surface area contributed by atoms with Gasteiger partial charge in [0.15, 0.2) is 6.61 Å². The first kappa shape index (κ1) is 20.6. The second kappa shape index (κ2) is 8.79. The van der Waals surface area contributed by atoms with Crippen molar-refractivity contribution in [1.29, 1.82) is 0 Å². The molecule has 0 spiro atoms. The fourth-order valence-corrected chi connectivity index (χ4v) is 2.55. The van der Waals surface area contributed by atoms with Crippen molar-refractivity contribution in [2.75, 3.05) is 13.7 Å². The van der Waals surface area contributed by atoms with Gasteiger partial charge in [-0.25, -0.2) is 0 Å². The predicted molar refractivity (Wildman–Crippen MR) is 95.7 cm³/mol. The molecule has 1 N–H and O–H groups in total. The number of halogens is 3. The number of nitrogens with one attached hydrogen (secondary N) is 1. The second-order valence-corrected chi connectivity index (χ2v) is 6.37. The zero-order chi connectivity index (χ0) is 20.0. The topological polar surface area (TPSA) is 47.6 Å². The average Bonchev–Trinajstić information content (AvgIpc) is 2.64. The highest BCUT2D eigenvalue weighted by Gasteiger charge is 2.30. The Balaban J connectivity index is 1.95. The van der Waals surface area contributed by atoms with Crippen molar-refractivity contribution >= 4 is 5.91 Å². The van der Waals surface area contributed by atoms with Crippen molar-refractivity contribution < 1.29 is 27.4 Å². The van der Waals surface area contributed by atoms with Crippen molar-refractivity contribution in [2.45, 2.75) is 26.1 Å². The van der Waals surface area contributed by atoms with Crippen LogP contribution in [0.25, 0.3) is 0 Å². The van der Waals surface area contributed by atoms with E-state index in [4.69, 9.17) is 9.47 Å². The molecule has 146 valence electrons. The van der Waals surface area contributed by atoms with E-state index < -0.39 is 11.7 Å². The van der Waals surface area contributed by atoms with Crippen LogP contribution in [-0.4, -0.2) is 19.6 Å². The van der Waals surface area contributed by atoms with E-state index in [0.29, 0.717) is 0 Å². The van der Waals surface area contributed by atoms with Crippen molar-refractivity contribution in [3.63, 3.8) is 0 Å². The maximum atomic E-state index is 12.5. The molecule has 7 heteroatoms. The van der Waals surface area contributed by atoms with Crippen LogP contribution in [0.2, 0.25) is 0 Å². The largest absolute Gasteiger partial charge is 0.497 e. The van der Waals surface area contributed by atoms with Crippen LogP contribution in [0.5, 0.6) is 11.5 Å². The van der Waals surface area contributed by atoms with E-state index in [-0.39, 0.29) is 30.2 Å². The Morgan fingerprint density at radius 2 is 1.56 bits per heavy atom. The maximum absolute atomic E-state index is 12.5. The van der Waals surface area contributed by atoms with E-state index >= 15 is 0 Å². The summed E-state index contributed by atoms with van der Waals surface area (Å²) in [5, 5.41) is 2.89. The first-order valence-corrected chi connectivity index (χ1v) is 8.44. The summed E-state index contributed by atoms with van der Waals surface area (Å²) in [5.74, 6) is 0.694. The van der Waals surface area contributed by atoms with Gasteiger partial charge in [-0.3, -0.25) is 4.79 Å². The van der Waals surface area contributed by atoms with Crippen LogP contribution in [0, 0.1) is 5.92 Å². The third-order valence-corrected chi connectivity index (χ3v) is 4.01. The third-order valence-electron chi connectivity index (χ3n) is 4.01. The fraction of sp³-hybridized carbons (Fsp3) is 0.350. The second-order valence-electron chi connectivity index (χ2n) is 6.37. The molecule has 4 nitrogen and oxygen atoms in total. The smallest absolute Gasteiger partial charge is 0.416 e. The van der Waals surface area contributed by atoms with E-state index in [1.54, 1.807) is 7.11 Å². The van der Waals surface area contributed by atoms with E-state index in [9.17, 15) is 18.0 Å². The zero-order valence-corrected chi connectivity index (χ0v) is 15.3. The van der Waals surface area contributed by atoms with Gasteiger partial charge in [0.25, 0.3) is 5.91 Å². The van der Waals surface area contributed by atoms with Crippen LogP contribution >= 0.6 is 0 Å². The molecular formula is C20H22F3NO3. The van der Waals surface area contributed by atoms with E-state index in [0.717, 1.165) is 23.4 Å². The number of rotatable bonds is 7. The lowest BCUT2D eigenvalue weighted by molar-refractivity contribution is -0.137. The van der Waals surface area contributed by atoms with Crippen molar-refractivity contribution in [2.24, 2.45) is 5.92 Å². The molecule has 0 fully saturated rings. The molecule has 0 heterocycles. The zero-order valence-electron chi connectivity index (χ0n) is 15.3. The standard InChI is InChI=1S/C20H22F3NO3/c1-13(2)19(14-4-8-16(26-3)9-5-14)24-18(25)12-27-17-10-6-15(7-11-17)20(21,22)23/h4-11,13,19H,12H2,1-3H3,(H,24,25). The number of carbonyl (C=O) groups excluding carboxylic acids is 1. The quantitative estimate of drug-likeness (QED) is 0.762. The highest BCUT2D eigenvalue weighted by atomic mass is 19.4. The molecule has 0 aliphatic heterocycles. The summed E-state index contributed by atoms with van der Waals surface area (Å²) in [4.78, 5) is 12.2. The fourth-order valence-electron chi connectivity index (χ4n) is 2.55. The molecule has 0 radical (unpaired) electrons. The van der Waals surface area contributed by atoms with Crippen LogP contribution in [0.1, 0.15) is 31.0 Å². The molecule has 27 heavy (non-hydrogen) atoms. The first-order chi connectivity index (χ1) is 12.7. The van der Waals surface area contributed by atoms with Crippen LogP contribution in [-0.2, 0) is 11.0 Å². The number of alkyl halides is 3. The number of methoxy groups -OCH3 is 1. The summed E-state index contributed by atoms with van der Waals surface area (Å²) in [6.07, 6.45) is -4.40. The van der Waals surface area contributed by atoms with E-state index in [2.05, 4.69) is 5.32 Å². The maximum Gasteiger partial charge on any atom is 0.416 e. The minimum Gasteiger partial charge on any atom is -0.497 e. The Morgan fingerprint density at radius 1 is 1.00 bits per heavy atom. The molecule has 2 rings (SSSR count). The van der Waals surface area contributed by atoms with Gasteiger partial charge in [0.05, 0.1) is 18.7 Å². The van der Waals surface area contributed by atoms with Gasteiger partial charge in [0, 0.05) is 0 Å². The molecule has 2 aromatic carbocycles. The first-order valence-electron chi connectivity index (χ1n) is 8.44. The summed E-state index contributed by atoms with van der Waals surface area (Å²) in [7, 11) is 1.58. The number of carbonyl (C=O) groups is 1. The molecule has 1 amide bonds. The van der Waals surface area contributed by atoms with Gasteiger partial charge in [-0.05, 0) is 47.9 Å². The summed E-state index contributed by atoms with van der Waals surface area (Å²) in [5.41, 5.74) is 0.160. The van der Waals surface area contributed by atoms with Crippen LogP contribution in [0.4, 0.5) is 13.2 Å². The van der Waals surface area contributed by atoms with Crippen molar-refractivity contribution in [1.82, 2.24) is 5.32 Å². The average molecular weight is 381 g/mol. The van der Waals surface area contributed by atoms with Crippen molar-refractivity contribution in [3.8, 4) is 11.5 Å². The summed E-state index contributed by atoms with van der Waals surface area (Å²) < 4.78 is 48.1. The summed E-state index contributed by atoms with van der Waals surface area (Å²) in [6.45, 7) is 3.67. The Kier molecular flexibility index (Phi) is 6.71. The third kappa shape index (κ3) is 5.91. The highest BCUT2D eigenvalue weighted by molar-refractivity contribution is 5.78. The molecular weight excluding hydrogens is 359 g/mol. The monoisotopic (exact) mass is 381 g/mol. The van der Waals surface area contributed by atoms with Gasteiger partial charge >= 0.3 is 6.18 Å². The molecule has 0 bridgehead atoms. The Hall–Kier alpha value is -2.70.